The van der Waals surface area contributed by atoms with Crippen molar-refractivity contribution in [1.82, 2.24) is 15.0 Å². The zero-order valence-electron chi connectivity index (χ0n) is 10.1. The predicted octanol–water partition coefficient (Wildman–Crippen LogP) is 3.03. The fraction of sp³-hybridized carbons (Fsp3) is 0.143. The molecule has 0 bridgehead atoms. The van der Waals surface area contributed by atoms with Crippen LogP contribution in [0, 0.1) is 0 Å². The van der Waals surface area contributed by atoms with E-state index in [9.17, 15) is 0 Å². The van der Waals surface area contributed by atoms with Gasteiger partial charge in [-0.15, -0.1) is 16.4 Å². The van der Waals surface area contributed by atoms with Gasteiger partial charge in [-0.2, -0.15) is 0 Å². The largest absolute Gasteiger partial charge is 0.370 e. The minimum absolute atomic E-state index is 0.537. The van der Waals surface area contributed by atoms with Gasteiger partial charge >= 0.3 is 0 Å². The molecule has 0 spiro atoms. The Hall–Kier alpha value is -1.98. The lowest BCUT2D eigenvalue weighted by atomic mass is 10.2. The summed E-state index contributed by atoms with van der Waals surface area (Å²) in [6.45, 7) is 1.15. The van der Waals surface area contributed by atoms with E-state index < -0.39 is 0 Å². The summed E-state index contributed by atoms with van der Waals surface area (Å²) in [4.78, 5) is 1.13. The molecule has 0 unspecified atom stereocenters. The second kappa shape index (κ2) is 4.29. The second-order valence-electron chi connectivity index (χ2n) is 4.40. The zero-order valence-corrected chi connectivity index (χ0v) is 10.9. The lowest BCUT2D eigenvalue weighted by Gasteiger charge is -2.05. The molecule has 1 aliphatic rings. The van der Waals surface area contributed by atoms with Crippen molar-refractivity contribution in [2.24, 2.45) is 0 Å². The van der Waals surface area contributed by atoms with Crippen molar-refractivity contribution in [3.05, 3.63) is 53.0 Å². The molecule has 0 saturated carbocycles. The summed E-state index contributed by atoms with van der Waals surface area (Å²) in [7, 11) is 0. The van der Waals surface area contributed by atoms with Crippen molar-refractivity contribution in [2.75, 3.05) is 0 Å². The first kappa shape index (κ1) is 10.9. The van der Waals surface area contributed by atoms with Crippen molar-refractivity contribution in [3.63, 3.8) is 0 Å². The first-order valence-corrected chi connectivity index (χ1v) is 6.96. The normalized spacial score (nSPS) is 13.7. The number of hydrogen-bond donors (Lipinski definition) is 0. The number of rotatable bonds is 1. The van der Waals surface area contributed by atoms with Gasteiger partial charge in [-0.3, -0.25) is 0 Å². The van der Waals surface area contributed by atoms with Gasteiger partial charge in [0.2, 0.25) is 0 Å². The fourth-order valence-electron chi connectivity index (χ4n) is 2.33. The molecular weight excluding hydrogens is 258 g/mol. The van der Waals surface area contributed by atoms with Crippen LogP contribution >= 0.6 is 11.3 Å². The molecule has 1 aliphatic heterocycles. The highest BCUT2D eigenvalue weighted by Crippen LogP contribution is 2.30. The molecule has 4 nitrogen and oxygen atoms in total. The van der Waals surface area contributed by atoms with Crippen molar-refractivity contribution in [3.8, 4) is 16.3 Å². The highest BCUT2D eigenvalue weighted by Gasteiger charge is 2.21. The first-order valence-electron chi connectivity index (χ1n) is 6.08. The minimum atomic E-state index is 0.537. The molecule has 5 heteroatoms. The number of ether oxygens (including phenoxy) is 1. The molecule has 3 heterocycles. The SMILES string of the molecule is c1csc(-c2nnn3c2COCc2ccccc2-3)c1. The topological polar surface area (TPSA) is 39.9 Å². The Balaban J connectivity index is 1.94. The van der Waals surface area contributed by atoms with Crippen LogP contribution in [0.1, 0.15) is 11.3 Å². The number of fused-ring (bicyclic) bond motifs is 3. The molecule has 1 aromatic carbocycles. The van der Waals surface area contributed by atoms with Gasteiger partial charge in [0.25, 0.3) is 0 Å². The lowest BCUT2D eigenvalue weighted by molar-refractivity contribution is 0.108. The van der Waals surface area contributed by atoms with Crippen LogP contribution in [0.4, 0.5) is 0 Å². The summed E-state index contributed by atoms with van der Waals surface area (Å²) >= 11 is 1.67. The fourth-order valence-corrected chi connectivity index (χ4v) is 3.06. The van der Waals surface area contributed by atoms with Gasteiger partial charge in [-0.1, -0.05) is 29.5 Å². The number of nitrogens with zero attached hydrogens (tertiary/aromatic N) is 3. The molecular formula is C14H11N3OS. The van der Waals surface area contributed by atoms with E-state index >= 15 is 0 Å². The first-order chi connectivity index (χ1) is 9.43. The Morgan fingerprint density at radius 1 is 1.11 bits per heavy atom. The Morgan fingerprint density at radius 3 is 2.95 bits per heavy atom. The van der Waals surface area contributed by atoms with Crippen LogP contribution in [0.15, 0.2) is 41.8 Å². The summed E-state index contributed by atoms with van der Waals surface area (Å²) in [5, 5.41) is 10.7. The molecule has 0 atom stereocenters. The molecule has 0 aliphatic carbocycles. The molecule has 0 N–H and O–H groups in total. The third-order valence-electron chi connectivity index (χ3n) is 3.23. The Labute approximate surface area is 114 Å². The van der Waals surface area contributed by atoms with Crippen LogP contribution in [-0.4, -0.2) is 15.0 Å². The van der Waals surface area contributed by atoms with Crippen molar-refractivity contribution >= 4 is 11.3 Å². The van der Waals surface area contributed by atoms with Crippen molar-refractivity contribution in [2.45, 2.75) is 13.2 Å². The zero-order chi connectivity index (χ0) is 12.7. The minimum Gasteiger partial charge on any atom is -0.370 e. The quantitative estimate of drug-likeness (QED) is 0.681. The summed E-state index contributed by atoms with van der Waals surface area (Å²) in [5.41, 5.74) is 4.15. The standard InChI is InChI=1S/C14H11N3OS/c1-2-5-11-10(4-1)8-18-9-12-14(15-16-17(11)12)13-6-3-7-19-13/h1-7H,8-9H2. The van der Waals surface area contributed by atoms with Crippen molar-refractivity contribution in [1.29, 1.82) is 0 Å². The van der Waals surface area contributed by atoms with E-state index in [0.717, 1.165) is 27.5 Å². The number of hydrogen-bond acceptors (Lipinski definition) is 4. The van der Waals surface area contributed by atoms with E-state index in [4.69, 9.17) is 4.74 Å². The monoisotopic (exact) mass is 269 g/mol. The van der Waals surface area contributed by atoms with Gasteiger partial charge in [-0.05, 0) is 17.5 Å². The van der Waals surface area contributed by atoms with Gasteiger partial charge in [-0.25, -0.2) is 4.68 Å². The number of thiophene rings is 1. The summed E-state index contributed by atoms with van der Waals surface area (Å²) in [6, 6.07) is 12.2. The van der Waals surface area contributed by atoms with Gasteiger partial charge < -0.3 is 4.74 Å². The van der Waals surface area contributed by atoms with Crippen LogP contribution in [0.2, 0.25) is 0 Å². The maximum absolute atomic E-state index is 5.75. The van der Waals surface area contributed by atoms with Gasteiger partial charge in [0, 0.05) is 5.56 Å². The molecule has 19 heavy (non-hydrogen) atoms. The van der Waals surface area contributed by atoms with E-state index in [0.29, 0.717) is 13.2 Å². The Morgan fingerprint density at radius 2 is 2.05 bits per heavy atom. The van der Waals surface area contributed by atoms with Crippen LogP contribution in [0.5, 0.6) is 0 Å². The molecule has 2 aromatic heterocycles. The maximum atomic E-state index is 5.75. The van der Waals surface area contributed by atoms with E-state index in [2.05, 4.69) is 28.5 Å². The van der Waals surface area contributed by atoms with Crippen LogP contribution in [-0.2, 0) is 18.0 Å². The molecule has 0 amide bonds. The Bertz CT molecular complexity index is 718. The summed E-state index contributed by atoms with van der Waals surface area (Å²) in [5.74, 6) is 0. The molecule has 3 aromatic rings. The lowest BCUT2D eigenvalue weighted by Crippen LogP contribution is -2.02. The Kier molecular flexibility index (Phi) is 2.46. The molecule has 0 saturated heterocycles. The van der Waals surface area contributed by atoms with Gasteiger partial charge in [0.15, 0.2) is 0 Å². The highest BCUT2D eigenvalue weighted by atomic mass is 32.1. The summed E-state index contributed by atoms with van der Waals surface area (Å²) < 4.78 is 7.65. The number of aromatic nitrogens is 3. The predicted molar refractivity (Wildman–Crippen MR) is 73.2 cm³/mol. The number of para-hydroxylation sites is 1. The average molecular weight is 269 g/mol. The third kappa shape index (κ3) is 1.70. The average Bonchev–Trinajstić information content (AvgIpc) is 3.05. The molecule has 0 radical (unpaired) electrons. The van der Waals surface area contributed by atoms with Gasteiger partial charge in [0.05, 0.1) is 29.5 Å². The smallest absolute Gasteiger partial charge is 0.129 e. The van der Waals surface area contributed by atoms with E-state index in [1.165, 1.54) is 0 Å². The van der Waals surface area contributed by atoms with E-state index in [-0.39, 0.29) is 0 Å². The summed E-state index contributed by atoms with van der Waals surface area (Å²) in [6.07, 6.45) is 0. The molecule has 4 rings (SSSR count). The van der Waals surface area contributed by atoms with E-state index in [1.807, 2.05) is 28.3 Å². The maximum Gasteiger partial charge on any atom is 0.129 e. The third-order valence-corrected chi connectivity index (χ3v) is 4.11. The van der Waals surface area contributed by atoms with Crippen LogP contribution in [0.3, 0.4) is 0 Å². The van der Waals surface area contributed by atoms with Crippen molar-refractivity contribution < 1.29 is 4.74 Å². The highest BCUT2D eigenvalue weighted by molar-refractivity contribution is 7.13. The molecule has 0 fully saturated rings. The van der Waals surface area contributed by atoms with Crippen LogP contribution in [0.25, 0.3) is 16.3 Å². The van der Waals surface area contributed by atoms with Crippen LogP contribution < -0.4 is 0 Å². The molecule has 94 valence electrons. The van der Waals surface area contributed by atoms with Gasteiger partial charge in [0.1, 0.15) is 5.69 Å². The second-order valence-corrected chi connectivity index (χ2v) is 5.34. The number of benzene rings is 1. The van der Waals surface area contributed by atoms with E-state index in [1.54, 1.807) is 11.3 Å².